The highest BCUT2D eigenvalue weighted by atomic mass is 79.9. The van der Waals surface area contributed by atoms with Crippen molar-refractivity contribution in [1.82, 2.24) is 24.5 Å². The second-order valence-electron chi connectivity index (χ2n) is 8.85. The van der Waals surface area contributed by atoms with Crippen LogP contribution in [0, 0.1) is 20.8 Å². The van der Waals surface area contributed by atoms with Crippen molar-refractivity contribution in [3.63, 3.8) is 0 Å². The Morgan fingerprint density at radius 3 is 2.57 bits per heavy atom. The summed E-state index contributed by atoms with van der Waals surface area (Å²) in [6, 6.07) is 11.1. The molecule has 0 bridgehead atoms. The number of aliphatic hydroxyl groups is 1. The van der Waals surface area contributed by atoms with Crippen LogP contribution in [0.2, 0.25) is 0 Å². The zero-order valence-electron chi connectivity index (χ0n) is 20.2. The molecule has 4 rings (SSSR count). The van der Waals surface area contributed by atoms with Crippen LogP contribution in [0.1, 0.15) is 42.3 Å². The van der Waals surface area contributed by atoms with Crippen LogP contribution in [0.5, 0.6) is 5.75 Å². The summed E-state index contributed by atoms with van der Waals surface area (Å²) >= 11 is 3.41. The molecule has 4 heterocycles. The lowest BCUT2D eigenvalue weighted by atomic mass is 10.1. The maximum absolute atomic E-state index is 13.3. The van der Waals surface area contributed by atoms with Crippen molar-refractivity contribution in [3.05, 3.63) is 92.1 Å². The molecule has 0 spiro atoms. The first kappa shape index (κ1) is 24.7. The number of ether oxygens (including phenoxy) is 1. The van der Waals surface area contributed by atoms with Crippen molar-refractivity contribution in [2.24, 2.45) is 0 Å². The van der Waals surface area contributed by atoms with Gasteiger partial charge in [-0.25, -0.2) is 9.97 Å². The van der Waals surface area contributed by atoms with Gasteiger partial charge < -0.3 is 9.84 Å². The lowest BCUT2D eigenvalue weighted by Gasteiger charge is -2.17. The van der Waals surface area contributed by atoms with Crippen LogP contribution in [0.25, 0.3) is 17.1 Å². The molecule has 0 amide bonds. The molecule has 180 valence electrons. The molecular formula is C26H26BrN5O3. The molecule has 0 aliphatic heterocycles. The molecule has 0 saturated heterocycles. The fraction of sp³-hybridized carbons (Fsp3) is 0.269. The number of aromatic nitrogens is 5. The molecule has 8 nitrogen and oxygen atoms in total. The number of aryl methyl sites for hydroxylation is 3. The van der Waals surface area contributed by atoms with Crippen LogP contribution in [-0.4, -0.2) is 29.6 Å². The van der Waals surface area contributed by atoms with Crippen molar-refractivity contribution in [1.29, 1.82) is 0 Å². The predicted molar refractivity (Wildman–Crippen MR) is 137 cm³/mol. The lowest BCUT2D eigenvalue weighted by Crippen LogP contribution is -2.22. The highest BCUT2D eigenvalue weighted by Crippen LogP contribution is 2.27. The summed E-state index contributed by atoms with van der Waals surface area (Å²) in [5, 5.41) is 10.3. The van der Waals surface area contributed by atoms with E-state index >= 15 is 0 Å². The Morgan fingerprint density at radius 2 is 1.86 bits per heavy atom. The quantitative estimate of drug-likeness (QED) is 0.385. The third-order valence-corrected chi connectivity index (χ3v) is 6.11. The summed E-state index contributed by atoms with van der Waals surface area (Å²) in [4.78, 5) is 31.0. The fourth-order valence-corrected chi connectivity index (χ4v) is 4.03. The molecule has 0 saturated carbocycles. The second kappa shape index (κ2) is 9.67. The van der Waals surface area contributed by atoms with Crippen LogP contribution >= 0.6 is 15.9 Å². The van der Waals surface area contributed by atoms with Gasteiger partial charge in [0, 0.05) is 29.8 Å². The van der Waals surface area contributed by atoms with E-state index in [9.17, 15) is 9.90 Å². The molecule has 35 heavy (non-hydrogen) atoms. The smallest absolute Gasteiger partial charge is 0.273 e. The number of halogens is 1. The summed E-state index contributed by atoms with van der Waals surface area (Å²) in [5.74, 6) is 0.744. The molecule has 4 aromatic heterocycles. The van der Waals surface area contributed by atoms with Crippen molar-refractivity contribution in [3.8, 4) is 22.8 Å². The van der Waals surface area contributed by atoms with E-state index in [1.807, 2.05) is 45.0 Å². The molecule has 0 atom stereocenters. The normalized spacial score (nSPS) is 11.5. The van der Waals surface area contributed by atoms with E-state index in [0.717, 1.165) is 17.0 Å². The molecule has 0 fully saturated rings. The van der Waals surface area contributed by atoms with E-state index in [-0.39, 0.29) is 12.2 Å². The summed E-state index contributed by atoms with van der Waals surface area (Å²) in [7, 11) is 0. The summed E-state index contributed by atoms with van der Waals surface area (Å²) in [6.07, 6.45) is 3.29. The van der Waals surface area contributed by atoms with Gasteiger partial charge in [0.15, 0.2) is 5.82 Å². The van der Waals surface area contributed by atoms with Gasteiger partial charge in [-0.05, 0) is 80.4 Å². The first-order valence-corrected chi connectivity index (χ1v) is 11.8. The molecule has 0 aromatic carbocycles. The molecule has 4 aromatic rings. The standard InChI is InChI=1S/C26H26BrN5O3/c1-15-13-29-25(26(4,5)34)31-23(15)20-12-19(9-10-28-20)32-17(3)11-21(22(27)24(32)33)35-14-18-8-6-7-16(2)30-18/h6-13,34H,14H2,1-5H3. The SMILES string of the molecule is Cc1cccc(COc2cc(C)n(-c3ccnc(-c4nc(C(C)(C)O)ncc4C)c3)c(=O)c2Br)n1. The Hall–Kier alpha value is -3.43. The maximum Gasteiger partial charge on any atom is 0.273 e. The minimum absolute atomic E-state index is 0.249. The van der Waals surface area contributed by atoms with Crippen molar-refractivity contribution >= 4 is 15.9 Å². The van der Waals surface area contributed by atoms with Gasteiger partial charge in [-0.1, -0.05) is 6.07 Å². The largest absolute Gasteiger partial charge is 0.486 e. The molecule has 1 N–H and O–H groups in total. The second-order valence-corrected chi connectivity index (χ2v) is 9.64. The Kier molecular flexibility index (Phi) is 6.82. The fourth-order valence-electron chi connectivity index (χ4n) is 3.62. The summed E-state index contributed by atoms with van der Waals surface area (Å²) in [6.45, 7) is 9.14. The summed E-state index contributed by atoms with van der Waals surface area (Å²) in [5.41, 5.74) is 3.53. The highest BCUT2D eigenvalue weighted by Gasteiger charge is 2.22. The van der Waals surface area contributed by atoms with Gasteiger partial charge in [-0.3, -0.25) is 19.3 Å². The van der Waals surface area contributed by atoms with E-state index in [1.165, 1.54) is 0 Å². The Morgan fingerprint density at radius 1 is 1.09 bits per heavy atom. The van der Waals surface area contributed by atoms with Gasteiger partial charge in [-0.15, -0.1) is 0 Å². The Bertz CT molecular complexity index is 1460. The molecular weight excluding hydrogens is 510 g/mol. The van der Waals surface area contributed by atoms with Gasteiger partial charge in [0.1, 0.15) is 22.4 Å². The Balaban J connectivity index is 1.71. The monoisotopic (exact) mass is 535 g/mol. The van der Waals surface area contributed by atoms with Gasteiger partial charge in [0.05, 0.1) is 22.8 Å². The number of hydrogen-bond acceptors (Lipinski definition) is 7. The zero-order chi connectivity index (χ0) is 25.3. The third-order valence-electron chi connectivity index (χ3n) is 5.38. The van der Waals surface area contributed by atoms with Gasteiger partial charge >= 0.3 is 0 Å². The average Bonchev–Trinajstić information content (AvgIpc) is 2.80. The van der Waals surface area contributed by atoms with Crippen LogP contribution in [-0.2, 0) is 12.2 Å². The Labute approximate surface area is 211 Å². The van der Waals surface area contributed by atoms with Crippen molar-refractivity contribution in [2.75, 3.05) is 0 Å². The van der Waals surface area contributed by atoms with Crippen LogP contribution in [0.4, 0.5) is 0 Å². The van der Waals surface area contributed by atoms with E-state index in [1.54, 1.807) is 42.9 Å². The number of nitrogens with zero attached hydrogens (tertiary/aromatic N) is 5. The van der Waals surface area contributed by atoms with Crippen molar-refractivity contribution < 1.29 is 9.84 Å². The minimum Gasteiger partial charge on any atom is -0.486 e. The van der Waals surface area contributed by atoms with E-state index in [0.29, 0.717) is 38.8 Å². The average molecular weight is 536 g/mol. The molecule has 9 heteroatoms. The van der Waals surface area contributed by atoms with Gasteiger partial charge in [0.2, 0.25) is 0 Å². The maximum atomic E-state index is 13.3. The molecule has 0 unspecified atom stereocenters. The minimum atomic E-state index is -1.19. The van der Waals surface area contributed by atoms with Gasteiger partial charge in [-0.2, -0.15) is 0 Å². The zero-order valence-corrected chi connectivity index (χ0v) is 21.8. The van der Waals surface area contributed by atoms with Gasteiger partial charge in [0.25, 0.3) is 5.56 Å². The van der Waals surface area contributed by atoms with Crippen LogP contribution in [0.15, 0.2) is 58.1 Å². The number of rotatable bonds is 6. The summed E-state index contributed by atoms with van der Waals surface area (Å²) < 4.78 is 7.81. The number of pyridine rings is 3. The third kappa shape index (κ3) is 5.31. The van der Waals surface area contributed by atoms with E-state index < -0.39 is 5.60 Å². The molecule has 0 radical (unpaired) electrons. The van der Waals surface area contributed by atoms with E-state index in [4.69, 9.17) is 4.74 Å². The van der Waals surface area contributed by atoms with E-state index in [2.05, 4.69) is 35.9 Å². The van der Waals surface area contributed by atoms with Crippen LogP contribution < -0.4 is 10.3 Å². The molecule has 0 aliphatic carbocycles. The van der Waals surface area contributed by atoms with Crippen LogP contribution in [0.3, 0.4) is 0 Å². The first-order chi connectivity index (χ1) is 16.5. The molecule has 0 aliphatic rings. The van der Waals surface area contributed by atoms with Crippen molar-refractivity contribution in [2.45, 2.75) is 46.8 Å². The number of hydrogen-bond donors (Lipinski definition) is 1. The highest BCUT2D eigenvalue weighted by molar-refractivity contribution is 9.10. The lowest BCUT2D eigenvalue weighted by molar-refractivity contribution is 0.0688. The topological polar surface area (TPSA) is 103 Å². The predicted octanol–water partition coefficient (Wildman–Crippen LogP) is 4.58. The first-order valence-electron chi connectivity index (χ1n) is 11.1.